The van der Waals surface area contributed by atoms with Crippen molar-refractivity contribution in [2.75, 3.05) is 53.6 Å². The van der Waals surface area contributed by atoms with Crippen LogP contribution in [0.3, 0.4) is 0 Å². The first kappa shape index (κ1) is 19.0. The number of hydrogen-bond donors (Lipinski definition) is 0. The summed E-state index contributed by atoms with van der Waals surface area (Å²) in [5.41, 5.74) is 0.620. The zero-order chi connectivity index (χ0) is 19.1. The van der Waals surface area contributed by atoms with E-state index in [9.17, 15) is 4.79 Å². The normalized spacial score (nSPS) is 14.7. The lowest BCUT2D eigenvalue weighted by Crippen LogP contribution is -2.49. The molecule has 0 saturated carbocycles. The number of carbonyl (C=O) groups excluding carboxylic acids is 1. The Labute approximate surface area is 160 Å². The van der Waals surface area contributed by atoms with Gasteiger partial charge in [-0.2, -0.15) is 0 Å². The van der Waals surface area contributed by atoms with Crippen LogP contribution in [0.1, 0.15) is 10.4 Å². The predicted molar refractivity (Wildman–Crippen MR) is 104 cm³/mol. The molecule has 0 spiro atoms. The summed E-state index contributed by atoms with van der Waals surface area (Å²) < 4.78 is 16.3. The van der Waals surface area contributed by atoms with Crippen molar-refractivity contribution in [1.82, 2.24) is 9.80 Å². The van der Waals surface area contributed by atoms with Crippen LogP contribution < -0.4 is 14.2 Å². The first-order chi connectivity index (χ1) is 13.2. The fourth-order valence-corrected chi connectivity index (χ4v) is 3.15. The Morgan fingerprint density at radius 2 is 1.67 bits per heavy atom. The summed E-state index contributed by atoms with van der Waals surface area (Å²) in [6.07, 6.45) is 0. The SMILES string of the molecule is COc1cccc(OCCN2CCN(C(=O)c3ccccc3OC)CC2)c1. The van der Waals surface area contributed by atoms with Crippen LogP contribution in [-0.2, 0) is 0 Å². The number of piperazine rings is 1. The molecule has 2 aromatic rings. The second-order valence-electron chi connectivity index (χ2n) is 6.36. The Bertz CT molecular complexity index is 757. The third kappa shape index (κ3) is 4.92. The molecule has 0 bridgehead atoms. The van der Waals surface area contributed by atoms with Crippen molar-refractivity contribution >= 4 is 5.91 Å². The Hall–Kier alpha value is -2.73. The van der Waals surface area contributed by atoms with Gasteiger partial charge in [-0.3, -0.25) is 9.69 Å². The van der Waals surface area contributed by atoms with Gasteiger partial charge in [-0.25, -0.2) is 0 Å². The highest BCUT2D eigenvalue weighted by molar-refractivity contribution is 5.97. The molecule has 0 aromatic heterocycles. The number of methoxy groups -OCH3 is 2. The zero-order valence-corrected chi connectivity index (χ0v) is 15.9. The number of hydrogen-bond acceptors (Lipinski definition) is 5. The molecule has 0 N–H and O–H groups in total. The van der Waals surface area contributed by atoms with Gasteiger partial charge in [0.05, 0.1) is 19.8 Å². The van der Waals surface area contributed by atoms with E-state index in [-0.39, 0.29) is 5.91 Å². The number of para-hydroxylation sites is 1. The summed E-state index contributed by atoms with van der Waals surface area (Å²) in [6, 6.07) is 15.0. The maximum absolute atomic E-state index is 12.7. The number of rotatable bonds is 7. The molecular weight excluding hydrogens is 344 g/mol. The molecule has 0 unspecified atom stereocenters. The first-order valence-electron chi connectivity index (χ1n) is 9.13. The van der Waals surface area contributed by atoms with E-state index in [0.717, 1.165) is 31.1 Å². The highest BCUT2D eigenvalue weighted by atomic mass is 16.5. The average molecular weight is 370 g/mol. The molecule has 6 nitrogen and oxygen atoms in total. The summed E-state index contributed by atoms with van der Waals surface area (Å²) in [5, 5.41) is 0. The fourth-order valence-electron chi connectivity index (χ4n) is 3.15. The summed E-state index contributed by atoms with van der Waals surface area (Å²) >= 11 is 0. The Kier molecular flexibility index (Phi) is 6.54. The van der Waals surface area contributed by atoms with Gasteiger partial charge in [0.15, 0.2) is 0 Å². The molecule has 0 radical (unpaired) electrons. The van der Waals surface area contributed by atoms with Crippen molar-refractivity contribution in [2.45, 2.75) is 0 Å². The second-order valence-corrected chi connectivity index (χ2v) is 6.36. The van der Waals surface area contributed by atoms with E-state index in [1.165, 1.54) is 0 Å². The summed E-state index contributed by atoms with van der Waals surface area (Å²) in [5.74, 6) is 2.24. The Morgan fingerprint density at radius 1 is 0.926 bits per heavy atom. The molecule has 27 heavy (non-hydrogen) atoms. The molecule has 6 heteroatoms. The van der Waals surface area contributed by atoms with Crippen molar-refractivity contribution in [3.8, 4) is 17.2 Å². The lowest BCUT2D eigenvalue weighted by Gasteiger charge is -2.34. The molecule has 1 heterocycles. The Balaban J connectivity index is 1.45. The molecule has 3 rings (SSSR count). The summed E-state index contributed by atoms with van der Waals surface area (Å²) in [7, 11) is 3.23. The number of benzene rings is 2. The van der Waals surface area contributed by atoms with E-state index in [1.807, 2.05) is 53.4 Å². The lowest BCUT2D eigenvalue weighted by molar-refractivity contribution is 0.0617. The van der Waals surface area contributed by atoms with E-state index in [1.54, 1.807) is 14.2 Å². The van der Waals surface area contributed by atoms with Crippen molar-refractivity contribution in [2.24, 2.45) is 0 Å². The van der Waals surface area contributed by atoms with Gasteiger partial charge in [-0.15, -0.1) is 0 Å². The molecule has 2 aromatic carbocycles. The lowest BCUT2D eigenvalue weighted by atomic mass is 10.1. The summed E-state index contributed by atoms with van der Waals surface area (Å²) in [6.45, 7) is 4.51. The van der Waals surface area contributed by atoms with Gasteiger partial charge < -0.3 is 19.1 Å². The van der Waals surface area contributed by atoms with E-state index in [0.29, 0.717) is 31.0 Å². The standard InChI is InChI=1S/C21H26N2O4/c1-25-17-6-5-7-18(16-17)27-15-14-22-10-12-23(13-11-22)21(24)19-8-3-4-9-20(19)26-2/h3-9,16H,10-15H2,1-2H3. The molecule has 1 saturated heterocycles. The third-order valence-electron chi connectivity index (χ3n) is 4.71. The zero-order valence-electron chi connectivity index (χ0n) is 15.9. The maximum Gasteiger partial charge on any atom is 0.257 e. The van der Waals surface area contributed by atoms with Crippen LogP contribution in [0.5, 0.6) is 17.2 Å². The summed E-state index contributed by atoms with van der Waals surface area (Å²) in [4.78, 5) is 16.9. The monoisotopic (exact) mass is 370 g/mol. The van der Waals surface area contributed by atoms with Gasteiger partial charge in [0, 0.05) is 38.8 Å². The molecule has 0 aliphatic carbocycles. The van der Waals surface area contributed by atoms with E-state index < -0.39 is 0 Å². The molecule has 0 atom stereocenters. The van der Waals surface area contributed by atoms with Crippen molar-refractivity contribution in [3.63, 3.8) is 0 Å². The number of nitrogens with zero attached hydrogens (tertiary/aromatic N) is 2. The van der Waals surface area contributed by atoms with Crippen LogP contribution in [-0.4, -0.2) is 69.3 Å². The van der Waals surface area contributed by atoms with Gasteiger partial charge in [-0.05, 0) is 24.3 Å². The average Bonchev–Trinajstić information content (AvgIpc) is 2.74. The molecule has 1 aliphatic rings. The highest BCUT2D eigenvalue weighted by Gasteiger charge is 2.23. The van der Waals surface area contributed by atoms with E-state index in [4.69, 9.17) is 14.2 Å². The van der Waals surface area contributed by atoms with Gasteiger partial charge >= 0.3 is 0 Å². The maximum atomic E-state index is 12.7. The largest absolute Gasteiger partial charge is 0.497 e. The molecule has 1 aliphatic heterocycles. The van der Waals surface area contributed by atoms with Gasteiger partial charge in [-0.1, -0.05) is 18.2 Å². The molecular formula is C21H26N2O4. The van der Waals surface area contributed by atoms with Crippen molar-refractivity contribution in [1.29, 1.82) is 0 Å². The van der Waals surface area contributed by atoms with Crippen molar-refractivity contribution < 1.29 is 19.0 Å². The van der Waals surface area contributed by atoms with Crippen LogP contribution in [0.25, 0.3) is 0 Å². The van der Waals surface area contributed by atoms with Gasteiger partial charge in [0.1, 0.15) is 23.9 Å². The molecule has 1 fully saturated rings. The third-order valence-corrected chi connectivity index (χ3v) is 4.71. The van der Waals surface area contributed by atoms with Crippen LogP contribution >= 0.6 is 0 Å². The van der Waals surface area contributed by atoms with Crippen LogP contribution in [0.2, 0.25) is 0 Å². The quantitative estimate of drug-likeness (QED) is 0.750. The van der Waals surface area contributed by atoms with Crippen molar-refractivity contribution in [3.05, 3.63) is 54.1 Å². The van der Waals surface area contributed by atoms with E-state index in [2.05, 4.69) is 4.90 Å². The first-order valence-corrected chi connectivity index (χ1v) is 9.13. The van der Waals surface area contributed by atoms with Gasteiger partial charge in [0.25, 0.3) is 5.91 Å². The topological polar surface area (TPSA) is 51.2 Å². The van der Waals surface area contributed by atoms with E-state index >= 15 is 0 Å². The number of carbonyl (C=O) groups is 1. The molecule has 1 amide bonds. The second kappa shape index (κ2) is 9.28. The van der Waals surface area contributed by atoms with Gasteiger partial charge in [0.2, 0.25) is 0 Å². The molecule has 144 valence electrons. The predicted octanol–water partition coefficient (Wildman–Crippen LogP) is 2.54. The Morgan fingerprint density at radius 3 is 2.41 bits per heavy atom. The highest BCUT2D eigenvalue weighted by Crippen LogP contribution is 2.21. The smallest absolute Gasteiger partial charge is 0.257 e. The number of ether oxygens (including phenoxy) is 3. The minimum atomic E-state index is 0.0275. The van der Waals surface area contributed by atoms with Crippen LogP contribution in [0.15, 0.2) is 48.5 Å². The number of amides is 1. The minimum Gasteiger partial charge on any atom is -0.497 e. The fraction of sp³-hybridized carbons (Fsp3) is 0.381. The minimum absolute atomic E-state index is 0.0275. The van der Waals surface area contributed by atoms with Crippen LogP contribution in [0, 0.1) is 0 Å². The van der Waals surface area contributed by atoms with Crippen LogP contribution in [0.4, 0.5) is 0 Å².